The van der Waals surface area contributed by atoms with Crippen molar-refractivity contribution in [2.75, 3.05) is 7.11 Å². The van der Waals surface area contributed by atoms with E-state index in [-0.39, 0.29) is 5.92 Å². The number of carboxylic acids is 1. The molecular formula is C7H12O3. The van der Waals surface area contributed by atoms with Gasteiger partial charge in [-0.25, -0.2) is 4.79 Å². The lowest BCUT2D eigenvalue weighted by Gasteiger charge is -2.29. The maximum Gasteiger partial charge on any atom is 0.333 e. The molecule has 3 nitrogen and oxygen atoms in total. The summed E-state index contributed by atoms with van der Waals surface area (Å²) in [5, 5.41) is 8.58. The van der Waals surface area contributed by atoms with Crippen molar-refractivity contribution in [2.24, 2.45) is 5.92 Å². The Bertz CT molecular complexity index is 129. The van der Waals surface area contributed by atoms with Crippen LogP contribution in [0.3, 0.4) is 0 Å². The number of ether oxygens (including phenoxy) is 1. The highest BCUT2D eigenvalue weighted by Gasteiger charge is 2.32. The van der Waals surface area contributed by atoms with Crippen LogP contribution in [0.1, 0.15) is 19.3 Å². The third-order valence-electron chi connectivity index (χ3n) is 2.08. The highest BCUT2D eigenvalue weighted by atomic mass is 16.5. The zero-order valence-corrected chi connectivity index (χ0v) is 6.04. The molecule has 0 unspecified atom stereocenters. The zero-order chi connectivity index (χ0) is 7.56. The van der Waals surface area contributed by atoms with E-state index in [9.17, 15) is 4.79 Å². The summed E-state index contributed by atoms with van der Waals surface area (Å²) in [6, 6.07) is 0. The van der Waals surface area contributed by atoms with Crippen molar-refractivity contribution in [1.82, 2.24) is 0 Å². The van der Waals surface area contributed by atoms with Gasteiger partial charge in [0, 0.05) is 7.11 Å². The number of carbonyl (C=O) groups is 1. The number of hydrogen-bond donors (Lipinski definition) is 1. The first kappa shape index (κ1) is 7.54. The van der Waals surface area contributed by atoms with Crippen molar-refractivity contribution in [3.8, 4) is 0 Å². The Labute approximate surface area is 60.0 Å². The molecule has 1 aliphatic carbocycles. The Morgan fingerprint density at radius 3 is 2.40 bits per heavy atom. The molecule has 10 heavy (non-hydrogen) atoms. The molecule has 0 saturated heterocycles. The van der Waals surface area contributed by atoms with E-state index in [1.54, 1.807) is 0 Å². The predicted octanol–water partition coefficient (Wildman–Crippen LogP) is 0.886. The number of hydrogen-bond acceptors (Lipinski definition) is 2. The molecule has 0 aromatic rings. The first-order valence-corrected chi connectivity index (χ1v) is 3.51. The van der Waals surface area contributed by atoms with Crippen LogP contribution in [0, 0.1) is 5.92 Å². The largest absolute Gasteiger partial charge is 0.479 e. The molecule has 0 radical (unpaired) electrons. The zero-order valence-electron chi connectivity index (χ0n) is 6.04. The van der Waals surface area contributed by atoms with Gasteiger partial charge in [0.25, 0.3) is 0 Å². The molecule has 1 aliphatic rings. The molecule has 1 rings (SSSR count). The average Bonchev–Trinajstić information content (AvgIpc) is 1.76. The van der Waals surface area contributed by atoms with Gasteiger partial charge in [-0.1, -0.05) is 6.42 Å². The van der Waals surface area contributed by atoms with Gasteiger partial charge in [0.2, 0.25) is 0 Å². The summed E-state index contributed by atoms with van der Waals surface area (Å²) in [4.78, 5) is 10.4. The second kappa shape index (κ2) is 3.01. The molecule has 0 bridgehead atoms. The molecule has 1 atom stereocenters. The summed E-state index contributed by atoms with van der Waals surface area (Å²) in [7, 11) is 1.46. The normalized spacial score (nSPS) is 21.7. The van der Waals surface area contributed by atoms with E-state index < -0.39 is 12.1 Å². The predicted molar refractivity (Wildman–Crippen MR) is 35.8 cm³/mol. The van der Waals surface area contributed by atoms with E-state index in [1.165, 1.54) is 7.11 Å². The molecule has 0 spiro atoms. The van der Waals surface area contributed by atoms with Crippen LogP contribution in [0.5, 0.6) is 0 Å². The van der Waals surface area contributed by atoms with E-state index in [1.807, 2.05) is 0 Å². The smallest absolute Gasteiger partial charge is 0.333 e. The van der Waals surface area contributed by atoms with E-state index in [0.717, 1.165) is 19.3 Å². The SMILES string of the molecule is CO[C@H](C(=O)O)C1CCC1. The molecule has 0 aromatic heterocycles. The maximum absolute atomic E-state index is 10.4. The Morgan fingerprint density at radius 2 is 2.30 bits per heavy atom. The Morgan fingerprint density at radius 1 is 1.70 bits per heavy atom. The van der Waals surface area contributed by atoms with Crippen LogP contribution < -0.4 is 0 Å². The summed E-state index contributed by atoms with van der Waals surface area (Å²) in [5.74, 6) is -0.560. The van der Waals surface area contributed by atoms with Gasteiger partial charge in [0.1, 0.15) is 0 Å². The lowest BCUT2D eigenvalue weighted by atomic mass is 9.81. The molecule has 0 amide bonds. The first-order valence-electron chi connectivity index (χ1n) is 3.51. The molecule has 1 saturated carbocycles. The van der Waals surface area contributed by atoms with Gasteiger partial charge < -0.3 is 9.84 Å². The lowest BCUT2D eigenvalue weighted by molar-refractivity contribution is -0.154. The van der Waals surface area contributed by atoms with Gasteiger partial charge >= 0.3 is 5.97 Å². The fraction of sp³-hybridized carbons (Fsp3) is 0.857. The van der Waals surface area contributed by atoms with E-state index in [4.69, 9.17) is 9.84 Å². The van der Waals surface area contributed by atoms with Crippen LogP contribution >= 0.6 is 0 Å². The molecule has 58 valence electrons. The summed E-state index contributed by atoms with van der Waals surface area (Å²) in [6.07, 6.45) is 2.60. The van der Waals surface area contributed by atoms with Crippen molar-refractivity contribution >= 4 is 5.97 Å². The van der Waals surface area contributed by atoms with Crippen LogP contribution in [-0.2, 0) is 9.53 Å². The number of carboxylic acid groups (broad SMARTS) is 1. The second-order valence-electron chi connectivity index (χ2n) is 2.69. The molecule has 0 aromatic carbocycles. The Balaban J connectivity index is 2.39. The molecule has 0 aliphatic heterocycles. The van der Waals surface area contributed by atoms with Gasteiger partial charge in [-0.15, -0.1) is 0 Å². The summed E-state index contributed by atoms with van der Waals surface area (Å²) < 4.78 is 4.82. The average molecular weight is 144 g/mol. The van der Waals surface area contributed by atoms with Crippen molar-refractivity contribution in [3.63, 3.8) is 0 Å². The highest BCUT2D eigenvalue weighted by molar-refractivity contribution is 5.72. The molecular weight excluding hydrogens is 132 g/mol. The number of aliphatic carboxylic acids is 1. The fourth-order valence-electron chi connectivity index (χ4n) is 1.24. The Kier molecular flexibility index (Phi) is 2.27. The first-order chi connectivity index (χ1) is 4.75. The topological polar surface area (TPSA) is 46.5 Å². The van der Waals surface area contributed by atoms with Gasteiger partial charge in [-0.3, -0.25) is 0 Å². The van der Waals surface area contributed by atoms with Crippen molar-refractivity contribution in [3.05, 3.63) is 0 Å². The Hall–Kier alpha value is -0.570. The van der Waals surface area contributed by atoms with Crippen LogP contribution in [0.15, 0.2) is 0 Å². The van der Waals surface area contributed by atoms with Crippen LogP contribution in [0.25, 0.3) is 0 Å². The molecule has 1 fully saturated rings. The van der Waals surface area contributed by atoms with Gasteiger partial charge in [0.15, 0.2) is 6.10 Å². The summed E-state index contributed by atoms with van der Waals surface area (Å²) in [5.41, 5.74) is 0. The van der Waals surface area contributed by atoms with E-state index in [2.05, 4.69) is 0 Å². The van der Waals surface area contributed by atoms with Gasteiger partial charge in [0.05, 0.1) is 0 Å². The van der Waals surface area contributed by atoms with Crippen LogP contribution in [0.2, 0.25) is 0 Å². The van der Waals surface area contributed by atoms with E-state index in [0.29, 0.717) is 0 Å². The summed E-state index contributed by atoms with van der Waals surface area (Å²) in [6.45, 7) is 0. The van der Waals surface area contributed by atoms with Crippen molar-refractivity contribution in [1.29, 1.82) is 0 Å². The second-order valence-corrected chi connectivity index (χ2v) is 2.69. The molecule has 1 N–H and O–H groups in total. The van der Waals surface area contributed by atoms with E-state index >= 15 is 0 Å². The quantitative estimate of drug-likeness (QED) is 0.639. The minimum Gasteiger partial charge on any atom is -0.479 e. The van der Waals surface area contributed by atoms with Gasteiger partial charge in [-0.05, 0) is 18.8 Å². The van der Waals surface area contributed by atoms with Crippen LogP contribution in [0.4, 0.5) is 0 Å². The van der Waals surface area contributed by atoms with Crippen LogP contribution in [-0.4, -0.2) is 24.3 Å². The monoisotopic (exact) mass is 144 g/mol. The maximum atomic E-state index is 10.4. The minimum atomic E-state index is -0.827. The third kappa shape index (κ3) is 1.29. The number of rotatable bonds is 3. The minimum absolute atomic E-state index is 0.266. The fourth-order valence-corrected chi connectivity index (χ4v) is 1.24. The van der Waals surface area contributed by atoms with Crippen molar-refractivity contribution in [2.45, 2.75) is 25.4 Å². The standard InChI is InChI=1S/C7H12O3/c1-10-6(7(8)9)5-3-2-4-5/h5-6H,2-4H2,1H3,(H,8,9)/t6-/m0/s1. The molecule has 3 heteroatoms. The summed E-state index contributed by atoms with van der Waals surface area (Å²) >= 11 is 0. The third-order valence-corrected chi connectivity index (χ3v) is 2.08. The van der Waals surface area contributed by atoms with Gasteiger partial charge in [-0.2, -0.15) is 0 Å². The lowest BCUT2D eigenvalue weighted by Crippen LogP contribution is -2.35. The highest BCUT2D eigenvalue weighted by Crippen LogP contribution is 2.30. The van der Waals surface area contributed by atoms with Crippen molar-refractivity contribution < 1.29 is 14.6 Å². The molecule has 0 heterocycles. The number of methoxy groups -OCH3 is 1.